The Morgan fingerprint density at radius 3 is 1.90 bits per heavy atom. The molecule has 0 heterocycles. The number of benzene rings is 3. The van der Waals surface area contributed by atoms with Gasteiger partial charge in [0.1, 0.15) is 11.8 Å². The Kier molecular flexibility index (Phi) is 7.04. The molecule has 3 rings (SSSR count). The van der Waals surface area contributed by atoms with E-state index in [0.29, 0.717) is 0 Å². The van der Waals surface area contributed by atoms with Gasteiger partial charge in [-0.25, -0.2) is 0 Å². The van der Waals surface area contributed by atoms with Crippen LogP contribution < -0.4 is 15.4 Å². The molecule has 0 spiro atoms. The van der Waals surface area contributed by atoms with Crippen LogP contribution in [-0.2, 0) is 4.79 Å². The molecule has 0 aliphatic heterocycles. The Bertz CT molecular complexity index is 873. The minimum absolute atomic E-state index is 0.00412. The second kappa shape index (κ2) is 9.89. The fourth-order valence-electron chi connectivity index (χ4n) is 3.59. The quantitative estimate of drug-likeness (QED) is 0.618. The summed E-state index contributed by atoms with van der Waals surface area (Å²) in [6.07, 6.45) is 0. The van der Waals surface area contributed by atoms with Gasteiger partial charge >= 0.3 is 0 Å². The zero-order valence-corrected chi connectivity index (χ0v) is 17.2. The standard InChI is InChI=1S/C25H28N2O2/c1-18(22-16-10-11-17-23(22)29-3)26-19(2)25(28)27-24(20-12-6-4-7-13-20)21-14-8-5-9-15-21/h4-19,24,26H,1-3H3,(H,27,28)/p+1/t18-,19+/m1/s1. The molecule has 0 bridgehead atoms. The average Bonchev–Trinajstić information content (AvgIpc) is 2.78. The number of ether oxygens (including phenoxy) is 1. The molecular formula is C25H29N2O2+. The van der Waals surface area contributed by atoms with Crippen molar-refractivity contribution >= 4 is 5.91 Å². The van der Waals surface area contributed by atoms with Gasteiger partial charge in [0.15, 0.2) is 6.04 Å². The smallest absolute Gasteiger partial charge is 0.278 e. The number of amides is 1. The van der Waals surface area contributed by atoms with Gasteiger partial charge in [-0.1, -0.05) is 72.8 Å². The molecule has 0 fully saturated rings. The number of quaternary nitrogens is 1. The molecule has 3 N–H and O–H groups in total. The first kappa shape index (κ1) is 20.6. The molecule has 4 heteroatoms. The largest absolute Gasteiger partial charge is 0.496 e. The number of hydrogen-bond acceptors (Lipinski definition) is 2. The Balaban J connectivity index is 1.74. The van der Waals surface area contributed by atoms with Gasteiger partial charge in [0.05, 0.1) is 18.7 Å². The first-order valence-electron chi connectivity index (χ1n) is 9.98. The van der Waals surface area contributed by atoms with Crippen LogP contribution in [0.25, 0.3) is 0 Å². The number of nitrogens with one attached hydrogen (secondary N) is 1. The van der Waals surface area contributed by atoms with E-state index in [4.69, 9.17) is 4.74 Å². The molecule has 0 unspecified atom stereocenters. The third kappa shape index (κ3) is 5.24. The maximum Gasteiger partial charge on any atom is 0.278 e. The van der Waals surface area contributed by atoms with E-state index in [1.807, 2.05) is 91.9 Å². The van der Waals surface area contributed by atoms with E-state index < -0.39 is 0 Å². The number of para-hydroxylation sites is 1. The van der Waals surface area contributed by atoms with Gasteiger partial charge in [-0.05, 0) is 37.1 Å². The van der Waals surface area contributed by atoms with E-state index in [-0.39, 0.29) is 24.0 Å². The van der Waals surface area contributed by atoms with Gasteiger partial charge in [-0.3, -0.25) is 4.79 Å². The lowest BCUT2D eigenvalue weighted by Crippen LogP contribution is -2.92. The fourth-order valence-corrected chi connectivity index (χ4v) is 3.59. The monoisotopic (exact) mass is 389 g/mol. The molecule has 150 valence electrons. The second-order valence-electron chi connectivity index (χ2n) is 7.27. The predicted octanol–water partition coefficient (Wildman–Crippen LogP) is 3.61. The van der Waals surface area contributed by atoms with Crippen molar-refractivity contribution < 1.29 is 14.8 Å². The molecule has 3 aromatic carbocycles. The number of nitrogens with two attached hydrogens (primary N) is 1. The molecule has 0 aliphatic rings. The molecule has 0 saturated carbocycles. The minimum atomic E-state index is -0.246. The molecule has 2 atom stereocenters. The summed E-state index contributed by atoms with van der Waals surface area (Å²) in [5.41, 5.74) is 3.21. The van der Waals surface area contributed by atoms with Crippen LogP contribution in [0.5, 0.6) is 5.75 Å². The summed E-state index contributed by atoms with van der Waals surface area (Å²) >= 11 is 0. The van der Waals surface area contributed by atoms with Crippen LogP contribution in [0, 0.1) is 0 Å². The Labute approximate surface area is 172 Å². The number of carbonyl (C=O) groups is 1. The lowest BCUT2D eigenvalue weighted by atomic mass is 9.98. The van der Waals surface area contributed by atoms with Gasteiger partial charge in [-0.2, -0.15) is 0 Å². The van der Waals surface area contributed by atoms with Crippen LogP contribution in [0.2, 0.25) is 0 Å². The lowest BCUT2D eigenvalue weighted by molar-refractivity contribution is -0.710. The summed E-state index contributed by atoms with van der Waals surface area (Å²) in [6.45, 7) is 4.03. The highest BCUT2D eigenvalue weighted by atomic mass is 16.5. The third-order valence-corrected chi connectivity index (χ3v) is 5.17. The van der Waals surface area contributed by atoms with Crippen molar-refractivity contribution in [1.29, 1.82) is 0 Å². The van der Waals surface area contributed by atoms with Gasteiger partial charge in [0.2, 0.25) is 0 Å². The van der Waals surface area contributed by atoms with E-state index in [0.717, 1.165) is 22.4 Å². The fraction of sp³-hybridized carbons (Fsp3) is 0.240. The first-order valence-corrected chi connectivity index (χ1v) is 9.98. The zero-order valence-electron chi connectivity index (χ0n) is 17.2. The maximum absolute atomic E-state index is 13.0. The average molecular weight is 390 g/mol. The summed E-state index contributed by atoms with van der Waals surface area (Å²) in [7, 11) is 1.67. The summed E-state index contributed by atoms with van der Waals surface area (Å²) in [5, 5.41) is 5.30. The first-order chi connectivity index (χ1) is 14.1. The van der Waals surface area contributed by atoms with Gasteiger partial charge in [-0.15, -0.1) is 0 Å². The van der Waals surface area contributed by atoms with E-state index in [2.05, 4.69) is 17.6 Å². The topological polar surface area (TPSA) is 54.9 Å². The molecule has 3 aromatic rings. The van der Waals surface area contributed by atoms with Crippen LogP contribution in [0.1, 0.15) is 42.6 Å². The molecule has 0 aromatic heterocycles. The van der Waals surface area contributed by atoms with Crippen LogP contribution in [0.15, 0.2) is 84.9 Å². The van der Waals surface area contributed by atoms with Gasteiger partial charge in [0.25, 0.3) is 5.91 Å². The third-order valence-electron chi connectivity index (χ3n) is 5.17. The van der Waals surface area contributed by atoms with Crippen molar-refractivity contribution in [2.24, 2.45) is 0 Å². The minimum Gasteiger partial charge on any atom is -0.496 e. The van der Waals surface area contributed by atoms with Crippen LogP contribution in [-0.4, -0.2) is 19.1 Å². The molecule has 1 amide bonds. The highest BCUT2D eigenvalue weighted by Crippen LogP contribution is 2.23. The Morgan fingerprint density at radius 1 is 0.828 bits per heavy atom. The summed E-state index contributed by atoms with van der Waals surface area (Å²) in [4.78, 5) is 13.0. The summed E-state index contributed by atoms with van der Waals surface area (Å²) in [6, 6.07) is 27.8. The lowest BCUT2D eigenvalue weighted by Gasteiger charge is -2.23. The predicted molar refractivity (Wildman–Crippen MR) is 116 cm³/mol. The Hall–Kier alpha value is -3.11. The number of rotatable bonds is 8. The van der Waals surface area contributed by atoms with E-state index in [9.17, 15) is 4.79 Å². The second-order valence-corrected chi connectivity index (χ2v) is 7.27. The van der Waals surface area contributed by atoms with Gasteiger partial charge in [0, 0.05) is 0 Å². The molecule has 4 nitrogen and oxygen atoms in total. The van der Waals surface area contributed by atoms with Gasteiger partial charge < -0.3 is 15.4 Å². The molecule has 0 saturated heterocycles. The van der Waals surface area contributed by atoms with Crippen LogP contribution in [0.3, 0.4) is 0 Å². The van der Waals surface area contributed by atoms with E-state index in [1.165, 1.54) is 0 Å². The SMILES string of the molecule is COc1ccccc1[C@@H](C)[NH2+][C@@H](C)C(=O)NC(c1ccccc1)c1ccccc1. The molecule has 0 aliphatic carbocycles. The number of carbonyl (C=O) groups excluding carboxylic acids is 1. The Morgan fingerprint density at radius 2 is 1.34 bits per heavy atom. The van der Waals surface area contributed by atoms with Crippen molar-refractivity contribution in [2.45, 2.75) is 32.0 Å². The maximum atomic E-state index is 13.0. The van der Waals surface area contributed by atoms with Crippen LogP contribution in [0.4, 0.5) is 0 Å². The van der Waals surface area contributed by atoms with Crippen molar-refractivity contribution in [2.75, 3.05) is 7.11 Å². The molecule has 29 heavy (non-hydrogen) atoms. The zero-order chi connectivity index (χ0) is 20.6. The normalized spacial score (nSPS) is 13.0. The number of hydrogen-bond donors (Lipinski definition) is 2. The summed E-state index contributed by atoms with van der Waals surface area (Å²) < 4.78 is 5.47. The van der Waals surface area contributed by atoms with Crippen molar-refractivity contribution in [3.05, 3.63) is 102 Å². The molecular weight excluding hydrogens is 360 g/mol. The van der Waals surface area contributed by atoms with E-state index in [1.54, 1.807) is 7.11 Å². The van der Waals surface area contributed by atoms with Crippen molar-refractivity contribution in [3.63, 3.8) is 0 Å². The van der Waals surface area contributed by atoms with Crippen molar-refractivity contribution in [1.82, 2.24) is 5.32 Å². The van der Waals surface area contributed by atoms with Crippen LogP contribution >= 0.6 is 0 Å². The highest BCUT2D eigenvalue weighted by Gasteiger charge is 2.25. The highest BCUT2D eigenvalue weighted by molar-refractivity contribution is 5.80. The molecule has 0 radical (unpaired) electrons. The number of methoxy groups -OCH3 is 1. The summed E-state index contributed by atoms with van der Waals surface area (Å²) in [5.74, 6) is 0.847. The van der Waals surface area contributed by atoms with E-state index >= 15 is 0 Å². The van der Waals surface area contributed by atoms with Crippen molar-refractivity contribution in [3.8, 4) is 5.75 Å².